The number of halogens is 1. The van der Waals surface area contributed by atoms with Crippen LogP contribution in [-0.2, 0) is 0 Å². The van der Waals surface area contributed by atoms with Crippen LogP contribution in [0.2, 0.25) is 0 Å². The number of aromatic nitrogens is 1. The molecule has 2 rings (SSSR count). The third kappa shape index (κ3) is 4.86. The van der Waals surface area contributed by atoms with Crippen LogP contribution in [0.3, 0.4) is 0 Å². The molecule has 0 fully saturated rings. The Hall–Kier alpha value is -2.40. The maximum absolute atomic E-state index is 12.1. The van der Waals surface area contributed by atoms with Crippen molar-refractivity contribution in [2.75, 3.05) is 25.6 Å². The predicted octanol–water partition coefficient (Wildman–Crippen LogP) is 3.00. The number of hydrogen-bond acceptors (Lipinski definition) is 4. The van der Waals surface area contributed by atoms with E-state index >= 15 is 0 Å². The molecule has 1 atom stereocenters. The highest BCUT2D eigenvalue weighted by molar-refractivity contribution is 5.70. The Morgan fingerprint density at radius 1 is 1.18 bits per heavy atom. The zero-order valence-electron chi connectivity index (χ0n) is 12.4. The SMILES string of the molecule is CNc1ccc(/C=C/c2ccc(OCC(O)CF)nc2)cc1. The first-order chi connectivity index (χ1) is 10.7. The Morgan fingerprint density at radius 3 is 2.45 bits per heavy atom. The lowest BCUT2D eigenvalue weighted by atomic mass is 10.1. The number of hydrogen-bond donors (Lipinski definition) is 2. The van der Waals surface area contributed by atoms with Gasteiger partial charge in [-0.25, -0.2) is 9.37 Å². The number of anilines is 1. The number of ether oxygens (including phenoxy) is 1. The lowest BCUT2D eigenvalue weighted by Crippen LogP contribution is -2.19. The molecule has 2 aromatic rings. The van der Waals surface area contributed by atoms with Crippen LogP contribution in [0.5, 0.6) is 5.88 Å². The number of aliphatic hydroxyl groups excluding tert-OH is 1. The van der Waals surface area contributed by atoms with Crippen molar-refractivity contribution in [3.8, 4) is 5.88 Å². The maximum Gasteiger partial charge on any atom is 0.213 e. The summed E-state index contributed by atoms with van der Waals surface area (Å²) < 4.78 is 17.3. The van der Waals surface area contributed by atoms with E-state index in [1.807, 2.05) is 49.5 Å². The molecule has 0 amide bonds. The molecule has 22 heavy (non-hydrogen) atoms. The summed E-state index contributed by atoms with van der Waals surface area (Å²) in [7, 11) is 1.88. The van der Waals surface area contributed by atoms with Crippen molar-refractivity contribution in [1.82, 2.24) is 4.98 Å². The summed E-state index contributed by atoms with van der Waals surface area (Å²) in [6.07, 6.45) is 4.49. The van der Waals surface area contributed by atoms with Crippen LogP contribution in [0.1, 0.15) is 11.1 Å². The number of aliphatic hydroxyl groups is 1. The summed E-state index contributed by atoms with van der Waals surface area (Å²) in [4.78, 5) is 4.11. The molecule has 1 aromatic carbocycles. The van der Waals surface area contributed by atoms with Gasteiger partial charge < -0.3 is 15.2 Å². The Bertz CT molecular complexity index is 597. The quantitative estimate of drug-likeness (QED) is 0.825. The fourth-order valence-corrected chi connectivity index (χ4v) is 1.76. The molecule has 2 N–H and O–H groups in total. The summed E-state index contributed by atoms with van der Waals surface area (Å²) in [6, 6.07) is 11.6. The van der Waals surface area contributed by atoms with Gasteiger partial charge in [0.1, 0.15) is 19.4 Å². The van der Waals surface area contributed by atoms with Gasteiger partial charge in [0.2, 0.25) is 5.88 Å². The van der Waals surface area contributed by atoms with E-state index in [4.69, 9.17) is 9.84 Å². The Balaban J connectivity index is 1.93. The molecule has 0 aliphatic heterocycles. The molecular formula is C17H19FN2O2. The Kier molecular flexibility index (Phi) is 5.91. The van der Waals surface area contributed by atoms with Crippen molar-refractivity contribution in [3.05, 3.63) is 53.7 Å². The van der Waals surface area contributed by atoms with E-state index in [1.165, 1.54) is 0 Å². The number of nitrogens with zero attached hydrogens (tertiary/aromatic N) is 1. The molecule has 1 unspecified atom stereocenters. The van der Waals surface area contributed by atoms with Crippen LogP contribution in [0.15, 0.2) is 42.6 Å². The van der Waals surface area contributed by atoms with Gasteiger partial charge in [0.25, 0.3) is 0 Å². The molecule has 0 aliphatic carbocycles. The Labute approximate surface area is 129 Å². The van der Waals surface area contributed by atoms with Crippen LogP contribution in [0.25, 0.3) is 12.2 Å². The van der Waals surface area contributed by atoms with E-state index in [9.17, 15) is 4.39 Å². The number of benzene rings is 1. The summed E-state index contributed by atoms with van der Waals surface area (Å²) in [5, 5.41) is 12.1. The van der Waals surface area contributed by atoms with E-state index in [0.717, 1.165) is 16.8 Å². The Morgan fingerprint density at radius 2 is 1.86 bits per heavy atom. The van der Waals surface area contributed by atoms with Gasteiger partial charge in [-0.2, -0.15) is 0 Å². The fraction of sp³-hybridized carbons (Fsp3) is 0.235. The van der Waals surface area contributed by atoms with Gasteiger partial charge in [-0.05, 0) is 29.3 Å². The van der Waals surface area contributed by atoms with E-state index in [2.05, 4.69) is 10.3 Å². The maximum atomic E-state index is 12.1. The van der Waals surface area contributed by atoms with Crippen LogP contribution in [0.4, 0.5) is 10.1 Å². The minimum atomic E-state index is -1.11. The first-order valence-corrected chi connectivity index (χ1v) is 7.00. The molecule has 0 radical (unpaired) electrons. The van der Waals surface area contributed by atoms with E-state index in [-0.39, 0.29) is 6.61 Å². The second kappa shape index (κ2) is 8.14. The van der Waals surface area contributed by atoms with E-state index in [1.54, 1.807) is 12.3 Å². The van der Waals surface area contributed by atoms with Crippen LogP contribution in [-0.4, -0.2) is 36.5 Å². The van der Waals surface area contributed by atoms with Crippen molar-refractivity contribution in [2.24, 2.45) is 0 Å². The minimum absolute atomic E-state index is 0.101. The molecule has 0 aliphatic rings. The van der Waals surface area contributed by atoms with Gasteiger partial charge in [-0.3, -0.25) is 0 Å². The van der Waals surface area contributed by atoms with Crippen molar-refractivity contribution < 1.29 is 14.2 Å². The number of nitrogens with one attached hydrogen (secondary N) is 1. The topological polar surface area (TPSA) is 54.4 Å². The van der Waals surface area contributed by atoms with Crippen molar-refractivity contribution in [3.63, 3.8) is 0 Å². The lowest BCUT2D eigenvalue weighted by molar-refractivity contribution is 0.0821. The van der Waals surface area contributed by atoms with Crippen molar-refractivity contribution in [1.29, 1.82) is 0 Å². The fourth-order valence-electron chi connectivity index (χ4n) is 1.76. The lowest BCUT2D eigenvalue weighted by Gasteiger charge is -2.07. The predicted molar refractivity (Wildman–Crippen MR) is 86.6 cm³/mol. The number of alkyl halides is 1. The molecule has 116 valence electrons. The highest BCUT2D eigenvalue weighted by atomic mass is 19.1. The van der Waals surface area contributed by atoms with Gasteiger partial charge in [0.05, 0.1) is 0 Å². The zero-order chi connectivity index (χ0) is 15.8. The summed E-state index contributed by atoms with van der Waals surface area (Å²) >= 11 is 0. The summed E-state index contributed by atoms with van der Waals surface area (Å²) in [5.41, 5.74) is 3.08. The summed E-state index contributed by atoms with van der Waals surface area (Å²) in [5.74, 6) is 0.364. The standard InChI is InChI=1S/C17H19FN2O2/c1-19-15-7-4-13(5-8-15)2-3-14-6-9-17(20-11-14)22-12-16(21)10-18/h2-9,11,16,19,21H,10,12H2,1H3/b3-2+. The summed E-state index contributed by atoms with van der Waals surface area (Å²) in [6.45, 7) is -0.927. The molecule has 4 nitrogen and oxygen atoms in total. The van der Waals surface area contributed by atoms with Gasteiger partial charge in [0.15, 0.2) is 0 Å². The van der Waals surface area contributed by atoms with Gasteiger partial charge in [-0.1, -0.05) is 24.3 Å². The highest BCUT2D eigenvalue weighted by Crippen LogP contribution is 2.13. The average Bonchev–Trinajstić information content (AvgIpc) is 2.59. The second-order valence-electron chi connectivity index (χ2n) is 4.75. The van der Waals surface area contributed by atoms with Crippen LogP contribution >= 0.6 is 0 Å². The largest absolute Gasteiger partial charge is 0.475 e. The van der Waals surface area contributed by atoms with Crippen molar-refractivity contribution in [2.45, 2.75) is 6.10 Å². The third-order valence-electron chi connectivity index (χ3n) is 3.03. The molecule has 0 saturated heterocycles. The van der Waals surface area contributed by atoms with Crippen molar-refractivity contribution >= 4 is 17.8 Å². The molecule has 0 saturated carbocycles. The van der Waals surface area contributed by atoms with E-state index in [0.29, 0.717) is 5.88 Å². The number of pyridine rings is 1. The van der Waals surface area contributed by atoms with Gasteiger partial charge in [-0.15, -0.1) is 0 Å². The molecule has 0 bridgehead atoms. The van der Waals surface area contributed by atoms with Crippen LogP contribution < -0.4 is 10.1 Å². The first kappa shape index (κ1) is 16.0. The highest BCUT2D eigenvalue weighted by Gasteiger charge is 2.04. The average molecular weight is 302 g/mol. The first-order valence-electron chi connectivity index (χ1n) is 7.00. The minimum Gasteiger partial charge on any atom is -0.475 e. The molecule has 0 spiro atoms. The molecule has 5 heteroatoms. The zero-order valence-corrected chi connectivity index (χ0v) is 12.4. The second-order valence-corrected chi connectivity index (χ2v) is 4.75. The molecule has 1 aromatic heterocycles. The smallest absolute Gasteiger partial charge is 0.213 e. The van der Waals surface area contributed by atoms with Gasteiger partial charge in [0, 0.05) is 25.0 Å². The normalized spacial score (nSPS) is 12.3. The molecule has 1 heterocycles. The van der Waals surface area contributed by atoms with Crippen LogP contribution in [0, 0.1) is 0 Å². The third-order valence-corrected chi connectivity index (χ3v) is 3.03. The monoisotopic (exact) mass is 302 g/mol. The molecular weight excluding hydrogens is 283 g/mol. The van der Waals surface area contributed by atoms with E-state index < -0.39 is 12.8 Å². The van der Waals surface area contributed by atoms with Gasteiger partial charge >= 0.3 is 0 Å². The number of rotatable bonds is 7.